The molecule has 0 bridgehead atoms. The van der Waals surface area contributed by atoms with Gasteiger partial charge in [0.25, 0.3) is 0 Å². The topological polar surface area (TPSA) is 73.9 Å². The first-order valence-electron chi connectivity index (χ1n) is 9.22. The lowest BCUT2D eigenvalue weighted by molar-refractivity contribution is -0.129. The molecule has 3 aliphatic rings. The summed E-state index contributed by atoms with van der Waals surface area (Å²) in [6.07, 6.45) is 1.32. The van der Waals surface area contributed by atoms with Crippen LogP contribution in [0.3, 0.4) is 0 Å². The van der Waals surface area contributed by atoms with E-state index in [0.29, 0.717) is 25.4 Å². The third-order valence-electron chi connectivity index (χ3n) is 5.49. The number of halogens is 2. The molecule has 152 valence electrons. The lowest BCUT2D eigenvalue weighted by Crippen LogP contribution is -2.50. The summed E-state index contributed by atoms with van der Waals surface area (Å²) in [6, 6.07) is 0.233. The molecule has 0 spiro atoms. The van der Waals surface area contributed by atoms with E-state index in [1.807, 2.05) is 4.90 Å². The third kappa shape index (κ3) is 6.23. The van der Waals surface area contributed by atoms with Gasteiger partial charge in [0.15, 0.2) is 0 Å². The van der Waals surface area contributed by atoms with Crippen molar-refractivity contribution >= 4 is 36.6 Å². The Labute approximate surface area is 168 Å². The summed E-state index contributed by atoms with van der Waals surface area (Å²) in [5.74, 6) is 0.416. The van der Waals surface area contributed by atoms with Gasteiger partial charge in [-0.05, 0) is 25.4 Å². The zero-order valence-electron chi connectivity index (χ0n) is 15.4. The second-order valence-corrected chi connectivity index (χ2v) is 7.28. The van der Waals surface area contributed by atoms with Gasteiger partial charge in [-0.1, -0.05) is 6.92 Å². The Hall–Kier alpha value is -0.600. The van der Waals surface area contributed by atoms with E-state index in [9.17, 15) is 9.59 Å². The molecule has 0 aromatic rings. The quantitative estimate of drug-likeness (QED) is 0.673. The number of hydrogen-bond donors (Lipinski definition) is 2. The molecular weight excluding hydrogens is 379 g/mol. The van der Waals surface area contributed by atoms with Crippen LogP contribution in [0, 0.1) is 11.8 Å². The van der Waals surface area contributed by atoms with Crippen LogP contribution in [0.25, 0.3) is 0 Å². The van der Waals surface area contributed by atoms with Crippen LogP contribution in [0.5, 0.6) is 0 Å². The number of morpholine rings is 1. The van der Waals surface area contributed by atoms with Crippen LogP contribution in [0.2, 0.25) is 0 Å². The highest BCUT2D eigenvalue weighted by Crippen LogP contribution is 2.19. The minimum absolute atomic E-state index is 0. The number of rotatable bonds is 5. The predicted octanol–water partition coefficient (Wildman–Crippen LogP) is 0.125. The number of ether oxygens (including phenoxy) is 1. The Balaban J connectivity index is 0.00000169. The zero-order chi connectivity index (χ0) is 16.9. The first-order valence-corrected chi connectivity index (χ1v) is 9.22. The lowest BCUT2D eigenvalue weighted by Gasteiger charge is -2.31. The number of piperidine rings is 1. The van der Waals surface area contributed by atoms with Crippen molar-refractivity contribution in [2.24, 2.45) is 11.8 Å². The van der Waals surface area contributed by atoms with Gasteiger partial charge in [0, 0.05) is 45.2 Å². The fraction of sp³-hybridized carbons (Fsp3) is 0.882. The van der Waals surface area contributed by atoms with E-state index in [1.54, 1.807) is 0 Å². The summed E-state index contributed by atoms with van der Waals surface area (Å²) >= 11 is 0. The van der Waals surface area contributed by atoms with Gasteiger partial charge in [0.1, 0.15) is 0 Å². The Morgan fingerprint density at radius 2 is 2.00 bits per heavy atom. The number of carbonyl (C=O) groups is 2. The monoisotopic (exact) mass is 410 g/mol. The molecule has 0 aliphatic carbocycles. The number of carbonyl (C=O) groups excluding carboxylic acids is 2. The largest absolute Gasteiger partial charge is 0.379 e. The number of nitrogens with one attached hydrogen (secondary N) is 2. The van der Waals surface area contributed by atoms with Crippen molar-refractivity contribution in [2.75, 3.05) is 59.0 Å². The molecule has 3 aliphatic heterocycles. The molecule has 2 amide bonds. The maximum atomic E-state index is 12.5. The molecule has 3 fully saturated rings. The van der Waals surface area contributed by atoms with E-state index in [-0.39, 0.29) is 48.6 Å². The SMILES string of the molecule is CC1CNCCC1NC(=O)C1CC(=O)N(CCN2CCOCC2)C1.Cl.Cl. The van der Waals surface area contributed by atoms with E-state index in [4.69, 9.17) is 4.74 Å². The number of hydrogen-bond acceptors (Lipinski definition) is 5. The van der Waals surface area contributed by atoms with Gasteiger partial charge in [0.2, 0.25) is 11.8 Å². The molecule has 3 rings (SSSR count). The molecule has 0 radical (unpaired) electrons. The van der Waals surface area contributed by atoms with Gasteiger partial charge in [-0.3, -0.25) is 14.5 Å². The van der Waals surface area contributed by atoms with Crippen molar-refractivity contribution in [1.29, 1.82) is 0 Å². The average Bonchev–Trinajstić information content (AvgIpc) is 2.97. The number of likely N-dealkylation sites (tertiary alicyclic amines) is 1. The molecule has 3 unspecified atom stereocenters. The minimum atomic E-state index is -0.190. The van der Waals surface area contributed by atoms with Crippen LogP contribution in [0.15, 0.2) is 0 Å². The molecule has 9 heteroatoms. The molecule has 0 saturated carbocycles. The molecule has 7 nitrogen and oxygen atoms in total. The number of amides is 2. The van der Waals surface area contributed by atoms with Crippen LogP contribution in [-0.4, -0.2) is 86.7 Å². The van der Waals surface area contributed by atoms with Crippen LogP contribution in [0.1, 0.15) is 19.8 Å². The molecule has 2 N–H and O–H groups in total. The summed E-state index contributed by atoms with van der Waals surface area (Å²) in [5.41, 5.74) is 0. The van der Waals surface area contributed by atoms with E-state index < -0.39 is 0 Å². The first-order chi connectivity index (χ1) is 11.6. The maximum absolute atomic E-state index is 12.5. The standard InChI is InChI=1S/C17H30N4O3.2ClH/c1-13-11-18-3-2-15(13)19-17(23)14-10-16(22)21(12-14)5-4-20-6-8-24-9-7-20;;/h13-15,18H,2-12H2,1H3,(H,19,23);2*1H. The number of nitrogens with zero attached hydrogens (tertiary/aromatic N) is 2. The second kappa shape index (κ2) is 11.3. The lowest BCUT2D eigenvalue weighted by atomic mass is 9.94. The Kier molecular flexibility index (Phi) is 10.2. The highest BCUT2D eigenvalue weighted by Gasteiger charge is 2.35. The molecule has 3 atom stereocenters. The maximum Gasteiger partial charge on any atom is 0.225 e. The summed E-state index contributed by atoms with van der Waals surface area (Å²) in [4.78, 5) is 28.9. The molecule has 3 heterocycles. The van der Waals surface area contributed by atoms with Gasteiger partial charge in [0.05, 0.1) is 19.1 Å². The zero-order valence-corrected chi connectivity index (χ0v) is 17.1. The summed E-state index contributed by atoms with van der Waals surface area (Å²) in [6.45, 7) is 9.60. The van der Waals surface area contributed by atoms with E-state index in [0.717, 1.165) is 52.4 Å². The van der Waals surface area contributed by atoms with E-state index >= 15 is 0 Å². The van der Waals surface area contributed by atoms with E-state index in [1.165, 1.54) is 0 Å². The van der Waals surface area contributed by atoms with Crippen molar-refractivity contribution in [3.63, 3.8) is 0 Å². The van der Waals surface area contributed by atoms with Crippen LogP contribution in [0.4, 0.5) is 0 Å². The van der Waals surface area contributed by atoms with Gasteiger partial charge in [-0.25, -0.2) is 0 Å². The van der Waals surface area contributed by atoms with Crippen molar-refractivity contribution in [1.82, 2.24) is 20.4 Å². The Bertz CT molecular complexity index is 463. The predicted molar refractivity (Wildman–Crippen MR) is 105 cm³/mol. The Morgan fingerprint density at radius 1 is 1.27 bits per heavy atom. The average molecular weight is 411 g/mol. The fourth-order valence-electron chi connectivity index (χ4n) is 3.78. The molecule has 0 aromatic heterocycles. The van der Waals surface area contributed by atoms with Gasteiger partial charge >= 0.3 is 0 Å². The van der Waals surface area contributed by atoms with Crippen LogP contribution in [-0.2, 0) is 14.3 Å². The van der Waals surface area contributed by atoms with Crippen molar-refractivity contribution < 1.29 is 14.3 Å². The van der Waals surface area contributed by atoms with Gasteiger partial charge < -0.3 is 20.3 Å². The van der Waals surface area contributed by atoms with E-state index in [2.05, 4.69) is 22.5 Å². The van der Waals surface area contributed by atoms with Crippen LogP contribution >= 0.6 is 24.8 Å². The summed E-state index contributed by atoms with van der Waals surface area (Å²) in [7, 11) is 0. The van der Waals surface area contributed by atoms with Crippen LogP contribution < -0.4 is 10.6 Å². The highest BCUT2D eigenvalue weighted by atomic mass is 35.5. The minimum Gasteiger partial charge on any atom is -0.379 e. The third-order valence-corrected chi connectivity index (χ3v) is 5.49. The smallest absolute Gasteiger partial charge is 0.225 e. The van der Waals surface area contributed by atoms with Crippen molar-refractivity contribution in [3.05, 3.63) is 0 Å². The fourth-order valence-corrected chi connectivity index (χ4v) is 3.78. The van der Waals surface area contributed by atoms with Crippen molar-refractivity contribution in [2.45, 2.75) is 25.8 Å². The highest BCUT2D eigenvalue weighted by molar-refractivity contribution is 5.89. The molecule has 0 aromatic carbocycles. The van der Waals surface area contributed by atoms with Gasteiger partial charge in [-0.15, -0.1) is 24.8 Å². The molecular formula is C17H32Cl2N4O3. The van der Waals surface area contributed by atoms with Crippen molar-refractivity contribution in [3.8, 4) is 0 Å². The summed E-state index contributed by atoms with van der Waals surface area (Å²) < 4.78 is 5.34. The normalized spacial score (nSPS) is 29.7. The second-order valence-electron chi connectivity index (χ2n) is 7.28. The molecule has 26 heavy (non-hydrogen) atoms. The molecule has 3 saturated heterocycles. The summed E-state index contributed by atoms with van der Waals surface area (Å²) in [5, 5.41) is 6.51. The van der Waals surface area contributed by atoms with Gasteiger partial charge in [-0.2, -0.15) is 0 Å². The first kappa shape index (κ1) is 23.4. The Morgan fingerprint density at radius 3 is 2.69 bits per heavy atom.